The monoisotopic (exact) mass is 690 g/mol. The summed E-state index contributed by atoms with van der Waals surface area (Å²) in [4.78, 5) is 2.44. The molecular weight excluding hydrogens is 659 g/mol. The third-order valence-electron chi connectivity index (χ3n) is 9.75. The van der Waals surface area contributed by atoms with Crippen molar-refractivity contribution < 1.29 is 0 Å². The summed E-state index contributed by atoms with van der Waals surface area (Å²) < 4.78 is 5.32. The number of anilines is 3. The summed E-state index contributed by atoms with van der Waals surface area (Å²) >= 11 is 0.211. The van der Waals surface area contributed by atoms with Crippen LogP contribution in [0.2, 0.25) is 0 Å². The van der Waals surface area contributed by atoms with E-state index < -0.39 is 0 Å². The number of nitrogens with zero attached hydrogens (tertiary/aromatic N) is 2. The molecular formula is C46H30N2Se. The van der Waals surface area contributed by atoms with E-state index >= 15 is 0 Å². The molecule has 0 aliphatic heterocycles. The minimum absolute atomic E-state index is 0.211. The Balaban J connectivity index is 1.22. The Kier molecular flexibility index (Phi) is 6.55. The van der Waals surface area contributed by atoms with Crippen molar-refractivity contribution in [3.63, 3.8) is 0 Å². The number of benzene rings is 8. The molecule has 0 N–H and O–H groups in total. The molecule has 2 nitrogen and oxygen atoms in total. The molecule has 0 atom stereocenters. The molecule has 2 aromatic heterocycles. The fourth-order valence-corrected chi connectivity index (χ4v) is 10.2. The van der Waals surface area contributed by atoms with Crippen LogP contribution in [0.5, 0.6) is 0 Å². The van der Waals surface area contributed by atoms with Crippen LogP contribution in [0.4, 0.5) is 17.1 Å². The fraction of sp³-hybridized carbons (Fsp3) is 0. The van der Waals surface area contributed by atoms with Gasteiger partial charge in [0.15, 0.2) is 0 Å². The zero-order valence-electron chi connectivity index (χ0n) is 26.6. The van der Waals surface area contributed by atoms with Crippen molar-refractivity contribution in [3.8, 4) is 16.8 Å². The van der Waals surface area contributed by atoms with E-state index in [1.54, 1.807) is 0 Å². The molecule has 230 valence electrons. The van der Waals surface area contributed by atoms with E-state index in [-0.39, 0.29) is 14.5 Å². The van der Waals surface area contributed by atoms with Gasteiger partial charge in [-0.1, -0.05) is 0 Å². The summed E-state index contributed by atoms with van der Waals surface area (Å²) in [6, 6.07) is 66.6. The number of rotatable bonds is 5. The van der Waals surface area contributed by atoms with E-state index in [4.69, 9.17) is 0 Å². The van der Waals surface area contributed by atoms with E-state index in [1.807, 2.05) is 0 Å². The normalized spacial score (nSPS) is 11.7. The molecule has 10 rings (SSSR count). The predicted molar refractivity (Wildman–Crippen MR) is 210 cm³/mol. The summed E-state index contributed by atoms with van der Waals surface area (Å²) in [5, 5.41) is 7.95. The second-order valence-corrected chi connectivity index (χ2v) is 14.8. The van der Waals surface area contributed by atoms with Crippen molar-refractivity contribution in [2.45, 2.75) is 0 Å². The minimum atomic E-state index is 0.211. The van der Waals surface area contributed by atoms with Gasteiger partial charge in [0.05, 0.1) is 0 Å². The van der Waals surface area contributed by atoms with Crippen LogP contribution in [0, 0.1) is 0 Å². The first kappa shape index (κ1) is 28.2. The third-order valence-corrected chi connectivity index (χ3v) is 12.3. The Hall–Kier alpha value is -5.86. The molecule has 10 aromatic rings. The Morgan fingerprint density at radius 3 is 1.88 bits per heavy atom. The van der Waals surface area contributed by atoms with Gasteiger partial charge in [0.2, 0.25) is 0 Å². The molecule has 8 aromatic carbocycles. The number of para-hydroxylation sites is 2. The maximum absolute atomic E-state index is 2.44. The van der Waals surface area contributed by atoms with E-state index in [1.165, 1.54) is 68.7 Å². The zero-order chi connectivity index (χ0) is 32.3. The van der Waals surface area contributed by atoms with Crippen molar-refractivity contribution in [1.82, 2.24) is 4.57 Å². The number of fused-ring (bicyclic) bond motifs is 8. The number of hydrogen-bond acceptors (Lipinski definition) is 1. The Morgan fingerprint density at radius 2 is 1.02 bits per heavy atom. The molecule has 0 bridgehead atoms. The molecule has 0 unspecified atom stereocenters. The van der Waals surface area contributed by atoms with Gasteiger partial charge >= 0.3 is 292 Å². The van der Waals surface area contributed by atoms with Crippen LogP contribution in [0.3, 0.4) is 0 Å². The van der Waals surface area contributed by atoms with Crippen LogP contribution in [-0.4, -0.2) is 19.1 Å². The maximum atomic E-state index is 2.44. The van der Waals surface area contributed by atoms with Gasteiger partial charge in [0.25, 0.3) is 0 Å². The average molecular weight is 690 g/mol. The molecule has 0 saturated carbocycles. The number of aromatic nitrogens is 1. The molecule has 0 saturated heterocycles. The van der Waals surface area contributed by atoms with Crippen molar-refractivity contribution >= 4 is 83.4 Å². The topological polar surface area (TPSA) is 8.17 Å². The Labute approximate surface area is 290 Å². The molecule has 0 fully saturated rings. The molecule has 0 aliphatic rings. The summed E-state index contributed by atoms with van der Waals surface area (Å²) in [6.07, 6.45) is 0. The van der Waals surface area contributed by atoms with Crippen molar-refractivity contribution in [2.75, 3.05) is 4.90 Å². The van der Waals surface area contributed by atoms with Gasteiger partial charge < -0.3 is 0 Å². The molecule has 0 spiro atoms. The Morgan fingerprint density at radius 1 is 0.388 bits per heavy atom. The molecule has 0 radical (unpaired) electrons. The summed E-state index contributed by atoms with van der Waals surface area (Å²) in [5.74, 6) is 0. The van der Waals surface area contributed by atoms with Gasteiger partial charge in [0.1, 0.15) is 0 Å². The van der Waals surface area contributed by atoms with Gasteiger partial charge in [-0.3, -0.25) is 0 Å². The first-order valence-electron chi connectivity index (χ1n) is 16.7. The second-order valence-electron chi connectivity index (χ2n) is 12.6. The summed E-state index contributed by atoms with van der Waals surface area (Å²) in [6.45, 7) is 0. The quantitative estimate of drug-likeness (QED) is 0.163. The van der Waals surface area contributed by atoms with Crippen LogP contribution in [0.1, 0.15) is 0 Å². The molecule has 0 amide bonds. The van der Waals surface area contributed by atoms with Gasteiger partial charge in [-0.15, -0.1) is 0 Å². The van der Waals surface area contributed by atoms with Gasteiger partial charge in [-0.25, -0.2) is 0 Å². The van der Waals surface area contributed by atoms with Crippen molar-refractivity contribution in [2.24, 2.45) is 0 Å². The van der Waals surface area contributed by atoms with Gasteiger partial charge in [-0.05, 0) is 0 Å². The van der Waals surface area contributed by atoms with Gasteiger partial charge in [0, 0.05) is 0 Å². The van der Waals surface area contributed by atoms with Crippen molar-refractivity contribution in [3.05, 3.63) is 182 Å². The zero-order valence-corrected chi connectivity index (χ0v) is 28.3. The first-order valence-corrected chi connectivity index (χ1v) is 18.4. The van der Waals surface area contributed by atoms with Crippen LogP contribution in [0.25, 0.3) is 68.7 Å². The summed E-state index contributed by atoms with van der Waals surface area (Å²) in [7, 11) is 0. The third kappa shape index (κ3) is 4.63. The molecule has 0 aliphatic carbocycles. The fourth-order valence-electron chi connectivity index (χ4n) is 7.49. The Bertz CT molecular complexity index is 2830. The van der Waals surface area contributed by atoms with E-state index in [9.17, 15) is 0 Å². The van der Waals surface area contributed by atoms with Crippen LogP contribution in [-0.2, 0) is 0 Å². The summed E-state index contributed by atoms with van der Waals surface area (Å²) in [5.41, 5.74) is 9.42. The molecule has 3 heteroatoms. The second kappa shape index (κ2) is 11.4. The first-order chi connectivity index (χ1) is 24.3. The number of hydrogen-bond donors (Lipinski definition) is 0. The van der Waals surface area contributed by atoms with Crippen LogP contribution in [0.15, 0.2) is 182 Å². The van der Waals surface area contributed by atoms with E-state index in [0.717, 1.165) is 17.1 Å². The van der Waals surface area contributed by atoms with Gasteiger partial charge in [-0.2, -0.15) is 0 Å². The van der Waals surface area contributed by atoms with E-state index in [2.05, 4.69) is 191 Å². The van der Waals surface area contributed by atoms with Crippen molar-refractivity contribution in [1.29, 1.82) is 0 Å². The predicted octanol–water partition coefficient (Wildman–Crippen LogP) is 12.4. The average Bonchev–Trinajstić information content (AvgIpc) is 3.71. The molecule has 49 heavy (non-hydrogen) atoms. The SMILES string of the molecule is c1ccc(-c2cccc(N(c3ccc4c(c3)[se]c3c5ccccc5ccc43)c3ccc4c5ccccc5n(-c5ccccc5)c4c3)c2)cc1. The standard InChI is InChI=1S/C46H30N2Se/c1-3-12-31(13-4-1)33-15-11-18-35(28-33)47(37-24-27-41-42-25-22-32-14-7-8-19-38(32)46(42)49-45(41)30-37)36-23-26-40-39-20-9-10-21-43(39)48(44(40)29-36)34-16-5-2-6-17-34/h1-30H. The van der Waals surface area contributed by atoms with E-state index in [0.29, 0.717) is 0 Å². The van der Waals surface area contributed by atoms with Crippen LogP contribution >= 0.6 is 0 Å². The molecule has 2 heterocycles. The van der Waals surface area contributed by atoms with Crippen LogP contribution < -0.4 is 4.90 Å².